The smallest absolute Gasteiger partial charge is 0.309 e. The fraction of sp³-hybridized carbons (Fsp3) is 0.857. The number of fused-ring (bicyclic) bond motifs is 2. The molecule has 0 aromatic heterocycles. The Kier molecular flexibility index (Phi) is 3.17. The van der Waals surface area contributed by atoms with Crippen LogP contribution in [0.2, 0.25) is 0 Å². The highest BCUT2D eigenvalue weighted by molar-refractivity contribution is 5.75. The number of carboxylic acids is 1. The van der Waals surface area contributed by atoms with Crippen molar-refractivity contribution in [3.05, 3.63) is 12.7 Å². The zero-order valence-electron chi connectivity index (χ0n) is 15.0. The summed E-state index contributed by atoms with van der Waals surface area (Å²) >= 11 is 0. The van der Waals surface area contributed by atoms with Gasteiger partial charge in [-0.3, -0.25) is 4.79 Å². The molecule has 0 amide bonds. The molecule has 0 heterocycles. The van der Waals surface area contributed by atoms with Crippen LogP contribution >= 0.6 is 0 Å². The van der Waals surface area contributed by atoms with Gasteiger partial charge in [0.1, 0.15) is 0 Å². The van der Waals surface area contributed by atoms with Crippen molar-refractivity contribution in [2.24, 2.45) is 45.8 Å². The van der Waals surface area contributed by atoms with E-state index in [4.69, 9.17) is 0 Å². The molecule has 0 radical (unpaired) electrons. The van der Waals surface area contributed by atoms with E-state index in [0.717, 1.165) is 42.9 Å². The van der Waals surface area contributed by atoms with Gasteiger partial charge in [-0.2, -0.15) is 0 Å². The molecule has 128 valence electrons. The Morgan fingerprint density at radius 2 is 1.87 bits per heavy atom. The zero-order chi connectivity index (χ0) is 16.6. The van der Waals surface area contributed by atoms with Crippen LogP contribution in [0.1, 0.15) is 65.7 Å². The molecule has 0 bridgehead atoms. The van der Waals surface area contributed by atoms with Crippen LogP contribution < -0.4 is 0 Å². The van der Waals surface area contributed by atoms with Gasteiger partial charge in [-0.1, -0.05) is 26.3 Å². The molecule has 0 aromatic rings. The Morgan fingerprint density at radius 3 is 2.52 bits per heavy atom. The van der Waals surface area contributed by atoms with Crippen molar-refractivity contribution in [1.82, 2.24) is 0 Å². The lowest BCUT2D eigenvalue weighted by atomic mass is 9.34. The summed E-state index contributed by atoms with van der Waals surface area (Å²) in [5.41, 5.74) is 0.0710. The number of aliphatic carboxylic acids is 1. The van der Waals surface area contributed by atoms with Gasteiger partial charge < -0.3 is 5.11 Å². The van der Waals surface area contributed by atoms with E-state index in [9.17, 15) is 9.90 Å². The predicted octanol–water partition coefficient (Wildman–Crippen LogP) is 5.14. The molecule has 4 saturated carbocycles. The lowest BCUT2D eigenvalue weighted by Crippen LogP contribution is -2.65. The lowest BCUT2D eigenvalue weighted by molar-refractivity contribution is -0.220. The topological polar surface area (TPSA) is 37.3 Å². The summed E-state index contributed by atoms with van der Waals surface area (Å²) in [6, 6.07) is 0. The summed E-state index contributed by atoms with van der Waals surface area (Å²) in [5, 5.41) is 9.95. The molecule has 4 aliphatic rings. The molecule has 4 aliphatic carbocycles. The van der Waals surface area contributed by atoms with Gasteiger partial charge in [0.2, 0.25) is 0 Å². The Balaban J connectivity index is 1.71. The zero-order valence-corrected chi connectivity index (χ0v) is 15.0. The minimum absolute atomic E-state index is 0.244. The number of allylic oxidation sites excluding steroid dienone is 1. The number of rotatable bonds is 2. The molecule has 2 nitrogen and oxygen atoms in total. The standard InChI is InChI=1S/C21H32O2/c1-5-19(2)10-7-14-17-13(11-15(17)19)12-16-20(14,3)8-6-9-21(16,4)18(22)23/h5,13-17H,1,6-12H2,2-4H3,(H,22,23)/t13-,14?,15-,16?,17?,19?,20?,21?/m1/s1. The average molecular weight is 316 g/mol. The van der Waals surface area contributed by atoms with Gasteiger partial charge in [-0.25, -0.2) is 0 Å². The first-order valence-corrected chi connectivity index (χ1v) is 9.63. The number of hydrogen-bond donors (Lipinski definition) is 1. The van der Waals surface area contributed by atoms with Crippen LogP contribution in [0.25, 0.3) is 0 Å². The predicted molar refractivity (Wildman–Crippen MR) is 91.9 cm³/mol. The summed E-state index contributed by atoms with van der Waals surface area (Å²) in [6.45, 7) is 11.0. The summed E-state index contributed by atoms with van der Waals surface area (Å²) in [4.78, 5) is 12.1. The van der Waals surface area contributed by atoms with E-state index in [2.05, 4.69) is 26.5 Å². The highest BCUT2D eigenvalue weighted by Crippen LogP contribution is 2.73. The second-order valence-corrected chi connectivity index (χ2v) is 9.91. The van der Waals surface area contributed by atoms with Crippen molar-refractivity contribution >= 4 is 5.97 Å². The minimum Gasteiger partial charge on any atom is -0.481 e. The first kappa shape index (κ1) is 15.7. The van der Waals surface area contributed by atoms with E-state index in [0.29, 0.717) is 11.3 Å². The van der Waals surface area contributed by atoms with Crippen LogP contribution in [0.4, 0.5) is 0 Å². The molecule has 0 aromatic carbocycles. The van der Waals surface area contributed by atoms with Crippen molar-refractivity contribution < 1.29 is 9.90 Å². The van der Waals surface area contributed by atoms with Crippen molar-refractivity contribution in [1.29, 1.82) is 0 Å². The largest absolute Gasteiger partial charge is 0.481 e. The third-order valence-corrected chi connectivity index (χ3v) is 9.19. The monoisotopic (exact) mass is 316 g/mol. The fourth-order valence-corrected chi connectivity index (χ4v) is 7.66. The van der Waals surface area contributed by atoms with Crippen LogP contribution in [0.15, 0.2) is 12.7 Å². The maximum absolute atomic E-state index is 12.1. The molecule has 6 unspecified atom stereocenters. The maximum Gasteiger partial charge on any atom is 0.309 e. The van der Waals surface area contributed by atoms with Crippen molar-refractivity contribution in [2.75, 3.05) is 0 Å². The molecular formula is C21H32O2. The normalized spacial score (nSPS) is 57.6. The van der Waals surface area contributed by atoms with E-state index < -0.39 is 11.4 Å². The van der Waals surface area contributed by atoms with E-state index in [-0.39, 0.29) is 5.41 Å². The van der Waals surface area contributed by atoms with Crippen LogP contribution in [0, 0.1) is 45.8 Å². The van der Waals surface area contributed by atoms with Crippen molar-refractivity contribution in [3.63, 3.8) is 0 Å². The summed E-state index contributed by atoms with van der Waals surface area (Å²) < 4.78 is 0. The quantitative estimate of drug-likeness (QED) is 0.716. The fourth-order valence-electron chi connectivity index (χ4n) is 7.66. The van der Waals surface area contributed by atoms with Crippen LogP contribution in [0.5, 0.6) is 0 Å². The van der Waals surface area contributed by atoms with Gasteiger partial charge in [0.05, 0.1) is 5.41 Å². The number of carboxylic acid groups (broad SMARTS) is 1. The molecule has 0 saturated heterocycles. The molecule has 4 fully saturated rings. The minimum atomic E-state index is -0.547. The molecule has 2 heteroatoms. The van der Waals surface area contributed by atoms with E-state index in [1.54, 1.807) is 0 Å². The van der Waals surface area contributed by atoms with Gasteiger partial charge >= 0.3 is 5.97 Å². The second kappa shape index (κ2) is 4.64. The number of carbonyl (C=O) groups is 1. The average Bonchev–Trinajstić information content (AvgIpc) is 2.47. The van der Waals surface area contributed by atoms with Crippen LogP contribution in [-0.2, 0) is 4.79 Å². The Bertz CT molecular complexity index is 554. The summed E-state index contributed by atoms with van der Waals surface area (Å²) in [7, 11) is 0. The van der Waals surface area contributed by atoms with Gasteiger partial charge in [0, 0.05) is 0 Å². The third-order valence-electron chi connectivity index (χ3n) is 9.19. The molecule has 23 heavy (non-hydrogen) atoms. The Morgan fingerprint density at radius 1 is 1.13 bits per heavy atom. The SMILES string of the molecule is C=CC1(C)CCC2C3[C@@H](CC4C(C)(C(=O)O)CCCC24C)C[C@H]31. The highest BCUT2D eigenvalue weighted by Gasteiger charge is 2.67. The summed E-state index contributed by atoms with van der Waals surface area (Å²) in [6.07, 6.45) is 10.4. The molecule has 0 aliphatic heterocycles. The molecular weight excluding hydrogens is 284 g/mol. The van der Waals surface area contributed by atoms with Gasteiger partial charge in [0.15, 0.2) is 0 Å². The van der Waals surface area contributed by atoms with Gasteiger partial charge in [-0.15, -0.1) is 6.58 Å². The lowest BCUT2D eigenvalue weighted by Gasteiger charge is -2.70. The van der Waals surface area contributed by atoms with Gasteiger partial charge in [-0.05, 0) is 85.9 Å². The summed E-state index contributed by atoms with van der Waals surface area (Å²) in [5.74, 6) is 3.00. The Labute approximate surface area is 140 Å². The molecule has 1 N–H and O–H groups in total. The van der Waals surface area contributed by atoms with Crippen molar-refractivity contribution in [2.45, 2.75) is 65.7 Å². The molecule has 0 spiro atoms. The van der Waals surface area contributed by atoms with Gasteiger partial charge in [0.25, 0.3) is 0 Å². The highest BCUT2D eigenvalue weighted by atomic mass is 16.4. The van der Waals surface area contributed by atoms with Crippen LogP contribution in [0.3, 0.4) is 0 Å². The third kappa shape index (κ3) is 1.79. The first-order valence-electron chi connectivity index (χ1n) is 9.63. The second-order valence-electron chi connectivity index (χ2n) is 9.91. The molecule has 8 atom stereocenters. The Hall–Kier alpha value is -0.790. The number of hydrogen-bond acceptors (Lipinski definition) is 1. The van der Waals surface area contributed by atoms with Crippen molar-refractivity contribution in [3.8, 4) is 0 Å². The molecule has 4 rings (SSSR count). The first-order chi connectivity index (χ1) is 10.8. The maximum atomic E-state index is 12.1. The van der Waals surface area contributed by atoms with E-state index >= 15 is 0 Å². The van der Waals surface area contributed by atoms with Crippen LogP contribution in [-0.4, -0.2) is 11.1 Å². The van der Waals surface area contributed by atoms with E-state index in [1.807, 2.05) is 6.92 Å². The van der Waals surface area contributed by atoms with E-state index in [1.165, 1.54) is 25.7 Å².